The van der Waals surface area contributed by atoms with E-state index in [1.807, 2.05) is 72.9 Å². The number of nitrogens with one attached hydrogen (secondary N) is 1. The number of aromatic nitrogens is 1. The van der Waals surface area contributed by atoms with Crippen LogP contribution in [0.1, 0.15) is 0 Å². The van der Waals surface area contributed by atoms with Gasteiger partial charge in [-0.1, -0.05) is 12.1 Å². The second kappa shape index (κ2) is 7.36. The van der Waals surface area contributed by atoms with Gasteiger partial charge in [0, 0.05) is 36.6 Å². The minimum atomic E-state index is -0.405. The van der Waals surface area contributed by atoms with E-state index in [1.54, 1.807) is 7.11 Å². The lowest BCUT2D eigenvalue weighted by atomic mass is 10.1. The normalized spacial score (nSPS) is 10.8. The first-order valence-electron chi connectivity index (χ1n) is 8.66. The van der Waals surface area contributed by atoms with Crippen LogP contribution in [0.15, 0.2) is 63.1 Å². The Morgan fingerprint density at radius 2 is 1.96 bits per heavy atom. The van der Waals surface area contributed by atoms with Gasteiger partial charge in [-0.05, 0) is 30.3 Å². The first-order chi connectivity index (χ1) is 13.5. The van der Waals surface area contributed by atoms with E-state index in [2.05, 4.69) is 10.3 Å². The minimum absolute atomic E-state index is 0.405. The lowest BCUT2D eigenvalue weighted by Crippen LogP contribution is -2.09. The van der Waals surface area contributed by atoms with Crippen molar-refractivity contribution >= 4 is 38.8 Å². The summed E-state index contributed by atoms with van der Waals surface area (Å²) in [6.45, 7) is 0. The molecule has 28 heavy (non-hydrogen) atoms. The van der Waals surface area contributed by atoms with Crippen LogP contribution in [0.2, 0.25) is 0 Å². The van der Waals surface area contributed by atoms with E-state index in [1.165, 1.54) is 11.3 Å². The van der Waals surface area contributed by atoms with Crippen molar-refractivity contribution in [2.75, 3.05) is 31.4 Å². The Bertz CT molecular complexity index is 1200. The van der Waals surface area contributed by atoms with Crippen molar-refractivity contribution in [3.05, 3.63) is 64.3 Å². The number of hydrogen-bond donors (Lipinski definition) is 1. The molecule has 0 saturated heterocycles. The van der Waals surface area contributed by atoms with Crippen LogP contribution in [-0.2, 0) is 0 Å². The van der Waals surface area contributed by atoms with Crippen molar-refractivity contribution < 1.29 is 9.15 Å². The first-order valence-corrected chi connectivity index (χ1v) is 9.54. The molecule has 0 fully saturated rings. The predicted octanol–water partition coefficient (Wildman–Crippen LogP) is 4.73. The number of para-hydroxylation sites is 2. The van der Waals surface area contributed by atoms with E-state index in [-0.39, 0.29) is 0 Å². The van der Waals surface area contributed by atoms with Gasteiger partial charge in [0.05, 0.1) is 24.1 Å². The van der Waals surface area contributed by atoms with Crippen molar-refractivity contribution in [1.29, 1.82) is 0 Å². The summed E-state index contributed by atoms with van der Waals surface area (Å²) in [4.78, 5) is 19.0. The van der Waals surface area contributed by atoms with Gasteiger partial charge >= 0.3 is 5.63 Å². The smallest absolute Gasteiger partial charge is 0.345 e. The zero-order chi connectivity index (χ0) is 19.7. The van der Waals surface area contributed by atoms with Gasteiger partial charge in [-0.2, -0.15) is 0 Å². The van der Waals surface area contributed by atoms with Gasteiger partial charge in [0.25, 0.3) is 0 Å². The molecule has 0 radical (unpaired) electrons. The monoisotopic (exact) mass is 393 g/mol. The van der Waals surface area contributed by atoms with Crippen LogP contribution in [0.3, 0.4) is 0 Å². The fourth-order valence-electron chi connectivity index (χ4n) is 2.87. The lowest BCUT2D eigenvalue weighted by Gasteiger charge is -2.12. The second-order valence-corrected chi connectivity index (χ2v) is 7.29. The maximum absolute atomic E-state index is 12.5. The Morgan fingerprint density at radius 1 is 1.14 bits per heavy atom. The Labute approximate surface area is 166 Å². The summed E-state index contributed by atoms with van der Waals surface area (Å²) in [5.41, 5.74) is 2.96. The minimum Gasteiger partial charge on any atom is -0.495 e. The maximum atomic E-state index is 12.5. The predicted molar refractivity (Wildman–Crippen MR) is 114 cm³/mol. The van der Waals surface area contributed by atoms with Gasteiger partial charge < -0.3 is 19.4 Å². The third-order valence-electron chi connectivity index (χ3n) is 4.36. The molecule has 1 N–H and O–H groups in total. The highest BCUT2D eigenvalue weighted by Gasteiger charge is 2.13. The number of hydrogen-bond acceptors (Lipinski definition) is 7. The average molecular weight is 393 g/mol. The topological polar surface area (TPSA) is 67.6 Å². The average Bonchev–Trinajstić information content (AvgIpc) is 3.15. The number of methoxy groups -OCH3 is 1. The van der Waals surface area contributed by atoms with Crippen LogP contribution in [0.4, 0.5) is 16.5 Å². The molecule has 0 aliphatic carbocycles. The number of ether oxygens (including phenoxy) is 1. The van der Waals surface area contributed by atoms with Crippen molar-refractivity contribution in [3.8, 4) is 17.0 Å². The Hall–Kier alpha value is -3.32. The molecular formula is C21H19N3O3S. The van der Waals surface area contributed by atoms with Gasteiger partial charge in [0.15, 0.2) is 5.13 Å². The van der Waals surface area contributed by atoms with Crippen molar-refractivity contribution in [1.82, 2.24) is 4.98 Å². The highest BCUT2D eigenvalue weighted by atomic mass is 32.1. The van der Waals surface area contributed by atoms with E-state index in [0.29, 0.717) is 22.0 Å². The summed E-state index contributed by atoms with van der Waals surface area (Å²) < 4.78 is 10.9. The van der Waals surface area contributed by atoms with E-state index >= 15 is 0 Å². The van der Waals surface area contributed by atoms with Gasteiger partial charge in [0.1, 0.15) is 11.3 Å². The molecule has 0 atom stereocenters. The van der Waals surface area contributed by atoms with Crippen LogP contribution in [0, 0.1) is 0 Å². The molecule has 0 amide bonds. The summed E-state index contributed by atoms with van der Waals surface area (Å²) in [6.07, 6.45) is 0. The van der Waals surface area contributed by atoms with Crippen LogP contribution in [-0.4, -0.2) is 26.2 Å². The van der Waals surface area contributed by atoms with E-state index < -0.39 is 5.63 Å². The standard InChI is InChI=1S/C21H19N3O3S/c1-24(2)14-9-8-13-10-15(20(25)27-19(13)11-14)17-12-28-21(23-17)22-16-6-4-5-7-18(16)26-3/h4-12H,1-3H3,(H,22,23). The summed E-state index contributed by atoms with van der Waals surface area (Å²) >= 11 is 1.41. The largest absolute Gasteiger partial charge is 0.495 e. The van der Waals surface area contributed by atoms with E-state index in [4.69, 9.17) is 9.15 Å². The third kappa shape index (κ3) is 3.44. The maximum Gasteiger partial charge on any atom is 0.345 e. The summed E-state index contributed by atoms with van der Waals surface area (Å²) in [5, 5.41) is 6.59. The molecule has 142 valence electrons. The molecule has 0 spiro atoms. The van der Waals surface area contributed by atoms with E-state index in [9.17, 15) is 4.79 Å². The SMILES string of the molecule is COc1ccccc1Nc1nc(-c2cc3ccc(N(C)C)cc3oc2=O)cs1. The molecule has 0 saturated carbocycles. The molecule has 7 heteroatoms. The Kier molecular flexibility index (Phi) is 4.75. The Morgan fingerprint density at radius 3 is 2.75 bits per heavy atom. The number of rotatable bonds is 5. The van der Waals surface area contributed by atoms with E-state index in [0.717, 1.165) is 22.5 Å². The van der Waals surface area contributed by atoms with Crippen LogP contribution >= 0.6 is 11.3 Å². The van der Waals surface area contributed by atoms with Crippen molar-refractivity contribution in [2.45, 2.75) is 0 Å². The van der Waals surface area contributed by atoms with Gasteiger partial charge in [-0.15, -0.1) is 11.3 Å². The molecule has 0 bridgehead atoms. The molecular weight excluding hydrogens is 374 g/mol. The molecule has 2 aromatic heterocycles. The first kappa shape index (κ1) is 18.1. The molecule has 4 aromatic rings. The molecule has 0 aliphatic rings. The van der Waals surface area contributed by atoms with Crippen molar-refractivity contribution in [2.24, 2.45) is 0 Å². The summed E-state index contributed by atoms with van der Waals surface area (Å²) in [5.74, 6) is 0.723. The zero-order valence-electron chi connectivity index (χ0n) is 15.7. The molecule has 6 nitrogen and oxygen atoms in total. The van der Waals surface area contributed by atoms with Gasteiger partial charge in [-0.3, -0.25) is 0 Å². The fourth-order valence-corrected chi connectivity index (χ4v) is 3.60. The quantitative estimate of drug-likeness (QED) is 0.494. The molecule has 4 rings (SSSR count). The zero-order valence-corrected chi connectivity index (χ0v) is 16.5. The third-order valence-corrected chi connectivity index (χ3v) is 5.12. The summed E-state index contributed by atoms with van der Waals surface area (Å²) in [6, 6.07) is 15.2. The number of fused-ring (bicyclic) bond motifs is 1. The highest BCUT2D eigenvalue weighted by molar-refractivity contribution is 7.14. The number of thiazole rings is 1. The highest BCUT2D eigenvalue weighted by Crippen LogP contribution is 2.31. The Balaban J connectivity index is 1.68. The van der Waals surface area contributed by atoms with Crippen LogP contribution in [0.25, 0.3) is 22.2 Å². The molecule has 2 aromatic carbocycles. The fraction of sp³-hybridized carbons (Fsp3) is 0.143. The molecule has 2 heterocycles. The van der Waals surface area contributed by atoms with Gasteiger partial charge in [0.2, 0.25) is 0 Å². The molecule has 0 unspecified atom stereocenters. The van der Waals surface area contributed by atoms with Crippen LogP contribution < -0.4 is 20.6 Å². The second-order valence-electron chi connectivity index (χ2n) is 6.43. The van der Waals surface area contributed by atoms with Gasteiger partial charge in [-0.25, -0.2) is 9.78 Å². The molecule has 0 aliphatic heterocycles. The number of anilines is 3. The van der Waals surface area contributed by atoms with Crippen molar-refractivity contribution in [3.63, 3.8) is 0 Å². The number of benzene rings is 2. The lowest BCUT2D eigenvalue weighted by molar-refractivity contribution is 0.417. The van der Waals surface area contributed by atoms with Crippen LogP contribution in [0.5, 0.6) is 5.75 Å². The number of nitrogens with zero attached hydrogens (tertiary/aromatic N) is 2. The summed E-state index contributed by atoms with van der Waals surface area (Å²) in [7, 11) is 5.51.